The Morgan fingerprint density at radius 1 is 1.00 bits per heavy atom. The van der Waals surface area contributed by atoms with Crippen LogP contribution in [-0.4, -0.2) is 55.2 Å². The molecular weight excluding hydrogens is 284 g/mol. The zero-order valence-corrected chi connectivity index (χ0v) is 14.9. The number of rotatable bonds is 6. The lowest BCUT2D eigenvalue weighted by molar-refractivity contribution is 0.138. The molecule has 2 heterocycles. The monoisotopic (exact) mass is 316 g/mol. The van der Waals surface area contributed by atoms with Gasteiger partial charge in [-0.25, -0.2) is 0 Å². The maximum atomic E-state index is 6.11. The molecule has 2 aliphatic heterocycles. The number of benzene rings is 1. The maximum Gasteiger partial charge on any atom is 0.125 e. The molecule has 0 amide bonds. The SMILES string of the molecule is Cc1cccc(C)c1OCCN1CCCC1CN1CCCCC1. The summed E-state index contributed by atoms with van der Waals surface area (Å²) in [4.78, 5) is 5.33. The van der Waals surface area contributed by atoms with Crippen LogP contribution in [0.25, 0.3) is 0 Å². The van der Waals surface area contributed by atoms with Gasteiger partial charge >= 0.3 is 0 Å². The fourth-order valence-electron chi connectivity index (χ4n) is 4.13. The van der Waals surface area contributed by atoms with E-state index in [4.69, 9.17) is 4.74 Å². The van der Waals surface area contributed by atoms with Gasteiger partial charge in [-0.05, 0) is 70.3 Å². The average Bonchev–Trinajstić information content (AvgIpc) is 2.98. The highest BCUT2D eigenvalue weighted by Gasteiger charge is 2.26. The van der Waals surface area contributed by atoms with Crippen molar-refractivity contribution in [1.82, 2.24) is 9.80 Å². The van der Waals surface area contributed by atoms with Crippen molar-refractivity contribution in [3.8, 4) is 5.75 Å². The van der Waals surface area contributed by atoms with Crippen LogP contribution in [0.1, 0.15) is 43.2 Å². The molecule has 128 valence electrons. The molecule has 0 N–H and O–H groups in total. The van der Waals surface area contributed by atoms with Gasteiger partial charge in [-0.2, -0.15) is 0 Å². The van der Waals surface area contributed by atoms with Crippen molar-refractivity contribution >= 4 is 0 Å². The number of likely N-dealkylation sites (tertiary alicyclic amines) is 2. The summed E-state index contributed by atoms with van der Waals surface area (Å²) >= 11 is 0. The molecule has 1 aromatic rings. The van der Waals surface area contributed by atoms with E-state index < -0.39 is 0 Å². The van der Waals surface area contributed by atoms with E-state index in [1.165, 1.54) is 69.4 Å². The first-order chi connectivity index (χ1) is 11.2. The van der Waals surface area contributed by atoms with Gasteiger partial charge < -0.3 is 9.64 Å². The van der Waals surface area contributed by atoms with Crippen LogP contribution >= 0.6 is 0 Å². The van der Waals surface area contributed by atoms with Gasteiger partial charge in [0.25, 0.3) is 0 Å². The summed E-state index contributed by atoms with van der Waals surface area (Å²) in [6, 6.07) is 7.12. The summed E-state index contributed by atoms with van der Waals surface area (Å²) in [6.45, 7) is 11.3. The minimum absolute atomic E-state index is 0.745. The smallest absolute Gasteiger partial charge is 0.125 e. The van der Waals surface area contributed by atoms with E-state index in [0.29, 0.717) is 0 Å². The minimum atomic E-state index is 0.745. The van der Waals surface area contributed by atoms with Gasteiger partial charge in [0, 0.05) is 19.1 Å². The predicted octanol–water partition coefficient (Wildman–Crippen LogP) is 3.63. The number of ether oxygens (including phenoxy) is 1. The van der Waals surface area contributed by atoms with Crippen molar-refractivity contribution in [2.24, 2.45) is 0 Å². The predicted molar refractivity (Wildman–Crippen MR) is 96.3 cm³/mol. The molecule has 23 heavy (non-hydrogen) atoms. The molecule has 3 heteroatoms. The van der Waals surface area contributed by atoms with Gasteiger partial charge in [-0.3, -0.25) is 4.90 Å². The van der Waals surface area contributed by atoms with Crippen molar-refractivity contribution in [2.75, 3.05) is 39.3 Å². The molecule has 0 saturated carbocycles. The highest BCUT2D eigenvalue weighted by molar-refractivity contribution is 5.39. The molecule has 0 aliphatic carbocycles. The molecule has 2 fully saturated rings. The van der Waals surface area contributed by atoms with Crippen molar-refractivity contribution in [3.63, 3.8) is 0 Å². The second-order valence-corrected chi connectivity index (χ2v) is 7.26. The van der Waals surface area contributed by atoms with Crippen LogP contribution < -0.4 is 4.74 Å². The Morgan fingerprint density at radius 2 is 1.74 bits per heavy atom. The maximum absolute atomic E-state index is 6.11. The zero-order valence-electron chi connectivity index (χ0n) is 14.9. The normalized spacial score (nSPS) is 23.3. The first kappa shape index (κ1) is 16.8. The number of piperidine rings is 1. The fourth-order valence-corrected chi connectivity index (χ4v) is 4.13. The van der Waals surface area contributed by atoms with Crippen LogP contribution in [0.2, 0.25) is 0 Å². The molecule has 3 nitrogen and oxygen atoms in total. The van der Waals surface area contributed by atoms with Crippen LogP contribution in [0.5, 0.6) is 5.75 Å². The Balaban J connectivity index is 1.47. The van der Waals surface area contributed by atoms with Crippen molar-refractivity contribution in [2.45, 2.75) is 52.0 Å². The Labute approximate surface area is 141 Å². The molecule has 3 rings (SSSR count). The third kappa shape index (κ3) is 4.48. The summed E-state index contributed by atoms with van der Waals surface area (Å²) in [5, 5.41) is 0. The lowest BCUT2D eigenvalue weighted by Crippen LogP contribution is -2.43. The summed E-state index contributed by atoms with van der Waals surface area (Å²) in [6.07, 6.45) is 6.92. The number of para-hydroxylation sites is 1. The zero-order chi connectivity index (χ0) is 16.1. The molecule has 0 radical (unpaired) electrons. The van der Waals surface area contributed by atoms with Crippen LogP contribution in [0.3, 0.4) is 0 Å². The van der Waals surface area contributed by atoms with Gasteiger partial charge in [0.1, 0.15) is 12.4 Å². The minimum Gasteiger partial charge on any atom is -0.492 e. The highest BCUT2D eigenvalue weighted by Crippen LogP contribution is 2.23. The van der Waals surface area contributed by atoms with E-state index in [0.717, 1.165) is 24.9 Å². The van der Waals surface area contributed by atoms with E-state index in [1.54, 1.807) is 0 Å². The van der Waals surface area contributed by atoms with Gasteiger partial charge in [0.15, 0.2) is 0 Å². The van der Waals surface area contributed by atoms with Crippen molar-refractivity contribution in [3.05, 3.63) is 29.3 Å². The Kier molecular flexibility index (Phi) is 5.96. The van der Waals surface area contributed by atoms with Gasteiger partial charge in [-0.1, -0.05) is 24.6 Å². The molecule has 0 spiro atoms. The third-order valence-electron chi connectivity index (χ3n) is 5.45. The summed E-state index contributed by atoms with van der Waals surface area (Å²) in [5.41, 5.74) is 2.49. The molecular formula is C20H32N2O. The van der Waals surface area contributed by atoms with Crippen molar-refractivity contribution in [1.29, 1.82) is 0 Å². The second-order valence-electron chi connectivity index (χ2n) is 7.26. The van der Waals surface area contributed by atoms with Crippen LogP contribution in [0, 0.1) is 13.8 Å². The topological polar surface area (TPSA) is 15.7 Å². The molecule has 1 unspecified atom stereocenters. The molecule has 2 saturated heterocycles. The van der Waals surface area contributed by atoms with E-state index in [1.807, 2.05) is 0 Å². The van der Waals surface area contributed by atoms with E-state index in [-0.39, 0.29) is 0 Å². The average molecular weight is 316 g/mol. The number of aryl methyl sites for hydroxylation is 2. The first-order valence-electron chi connectivity index (χ1n) is 9.39. The molecule has 1 atom stereocenters. The van der Waals surface area contributed by atoms with Crippen LogP contribution in [0.4, 0.5) is 0 Å². The number of hydrogen-bond donors (Lipinski definition) is 0. The molecule has 0 bridgehead atoms. The Bertz CT molecular complexity index is 476. The van der Waals surface area contributed by atoms with E-state index >= 15 is 0 Å². The van der Waals surface area contributed by atoms with E-state index in [9.17, 15) is 0 Å². The van der Waals surface area contributed by atoms with Crippen LogP contribution in [-0.2, 0) is 0 Å². The summed E-state index contributed by atoms with van der Waals surface area (Å²) < 4.78 is 6.11. The Hall–Kier alpha value is -1.06. The number of nitrogens with zero attached hydrogens (tertiary/aromatic N) is 2. The summed E-state index contributed by atoms with van der Waals surface area (Å²) in [7, 11) is 0. The highest BCUT2D eigenvalue weighted by atomic mass is 16.5. The molecule has 2 aliphatic rings. The summed E-state index contributed by atoms with van der Waals surface area (Å²) in [5.74, 6) is 1.08. The van der Waals surface area contributed by atoms with Gasteiger partial charge in [-0.15, -0.1) is 0 Å². The molecule has 1 aromatic carbocycles. The standard InChI is InChI=1S/C20H32N2O/c1-17-8-6-9-18(2)20(17)23-15-14-22-13-7-10-19(22)16-21-11-4-3-5-12-21/h6,8-9,19H,3-5,7,10-16H2,1-2H3. The van der Waals surface area contributed by atoms with Gasteiger partial charge in [0.2, 0.25) is 0 Å². The lowest BCUT2D eigenvalue weighted by Gasteiger charge is -2.33. The second kappa shape index (κ2) is 8.16. The van der Waals surface area contributed by atoms with Crippen LogP contribution in [0.15, 0.2) is 18.2 Å². The number of hydrogen-bond acceptors (Lipinski definition) is 3. The van der Waals surface area contributed by atoms with Gasteiger partial charge in [0.05, 0.1) is 0 Å². The Morgan fingerprint density at radius 3 is 2.48 bits per heavy atom. The van der Waals surface area contributed by atoms with E-state index in [2.05, 4.69) is 41.8 Å². The largest absolute Gasteiger partial charge is 0.492 e. The quantitative estimate of drug-likeness (QED) is 0.797. The molecule has 0 aromatic heterocycles. The van der Waals surface area contributed by atoms with Crippen molar-refractivity contribution < 1.29 is 4.74 Å². The third-order valence-corrected chi connectivity index (χ3v) is 5.45. The fraction of sp³-hybridized carbons (Fsp3) is 0.700. The lowest BCUT2D eigenvalue weighted by atomic mass is 10.1. The first-order valence-corrected chi connectivity index (χ1v) is 9.39.